The van der Waals surface area contributed by atoms with Crippen LogP contribution in [0.5, 0.6) is 5.75 Å². The van der Waals surface area contributed by atoms with Gasteiger partial charge < -0.3 is 14.7 Å². The molecule has 0 unspecified atom stereocenters. The summed E-state index contributed by atoms with van der Waals surface area (Å²) in [7, 11) is -2.24. The summed E-state index contributed by atoms with van der Waals surface area (Å²) in [5.74, 6) is 0.599. The zero-order valence-electron chi connectivity index (χ0n) is 16.5. The molecule has 2 heterocycles. The van der Waals surface area contributed by atoms with Gasteiger partial charge in [-0.3, -0.25) is 4.98 Å². The van der Waals surface area contributed by atoms with E-state index in [1.807, 2.05) is 25.1 Å². The second-order valence-electron chi connectivity index (χ2n) is 7.39. The molecular weight excluding hydrogens is 388 g/mol. The number of hydrogen-bond acceptors (Lipinski definition) is 6. The number of aryl methyl sites for hydroxylation is 1. The highest BCUT2D eigenvalue weighted by Crippen LogP contribution is 2.37. The Kier molecular flexibility index (Phi) is 5.19. The number of ether oxygens (including phenoxy) is 1. The van der Waals surface area contributed by atoms with Gasteiger partial charge >= 0.3 is 0 Å². The summed E-state index contributed by atoms with van der Waals surface area (Å²) in [4.78, 5) is 6.89. The number of nitrogens with zero attached hydrogens (tertiary/aromatic N) is 2. The van der Waals surface area contributed by atoms with Crippen molar-refractivity contribution in [3.8, 4) is 5.75 Å². The summed E-state index contributed by atoms with van der Waals surface area (Å²) in [6.07, 6.45) is 2.33. The zero-order valence-corrected chi connectivity index (χ0v) is 17.3. The minimum Gasteiger partial charge on any atom is -0.497 e. The molecule has 4 rings (SSSR count). The molecule has 1 aliphatic heterocycles. The smallest absolute Gasteiger partial charge is 0.210 e. The lowest BCUT2D eigenvalue weighted by molar-refractivity contribution is 0.145. The SMILES string of the molecule is COc1ccc(S(=O)(=O)c2cnc3ccc(C)cc3c2N2CCC(O)CC2)cc1. The van der Waals surface area contributed by atoms with Crippen molar-refractivity contribution in [3.05, 3.63) is 54.2 Å². The van der Waals surface area contributed by atoms with Crippen molar-refractivity contribution in [1.82, 2.24) is 4.98 Å². The van der Waals surface area contributed by atoms with Crippen molar-refractivity contribution in [1.29, 1.82) is 0 Å². The predicted molar refractivity (Wildman–Crippen MR) is 112 cm³/mol. The van der Waals surface area contributed by atoms with Gasteiger partial charge in [-0.25, -0.2) is 8.42 Å². The van der Waals surface area contributed by atoms with E-state index in [9.17, 15) is 13.5 Å². The van der Waals surface area contributed by atoms with Gasteiger partial charge in [0.25, 0.3) is 0 Å². The molecule has 0 amide bonds. The van der Waals surface area contributed by atoms with Crippen LogP contribution >= 0.6 is 0 Å². The molecule has 0 spiro atoms. The fourth-order valence-corrected chi connectivity index (χ4v) is 5.20. The Morgan fingerprint density at radius 2 is 1.79 bits per heavy atom. The number of aliphatic hydroxyl groups is 1. The first-order valence-corrected chi connectivity index (χ1v) is 11.1. The van der Waals surface area contributed by atoms with Crippen molar-refractivity contribution >= 4 is 26.4 Å². The van der Waals surface area contributed by atoms with Gasteiger partial charge in [0.05, 0.1) is 29.3 Å². The summed E-state index contributed by atoms with van der Waals surface area (Å²) in [5, 5.41) is 10.7. The predicted octanol–water partition coefficient (Wildman–Crippen LogP) is 3.35. The summed E-state index contributed by atoms with van der Waals surface area (Å²) in [6, 6.07) is 12.3. The number of benzene rings is 2. The van der Waals surface area contributed by atoms with Crippen molar-refractivity contribution in [2.45, 2.75) is 35.7 Å². The van der Waals surface area contributed by atoms with Crippen LogP contribution in [-0.2, 0) is 9.84 Å². The topological polar surface area (TPSA) is 79.7 Å². The molecule has 7 heteroatoms. The van der Waals surface area contributed by atoms with Crippen LogP contribution in [0.2, 0.25) is 0 Å². The molecule has 2 aromatic carbocycles. The van der Waals surface area contributed by atoms with Crippen LogP contribution in [0.15, 0.2) is 58.5 Å². The quantitative estimate of drug-likeness (QED) is 0.708. The molecule has 29 heavy (non-hydrogen) atoms. The molecule has 1 aliphatic rings. The molecular formula is C22H24N2O4S. The Balaban J connectivity index is 1.92. The van der Waals surface area contributed by atoms with Crippen LogP contribution in [-0.4, -0.2) is 44.8 Å². The minimum absolute atomic E-state index is 0.192. The first kappa shape index (κ1) is 19.7. The Hall–Kier alpha value is -2.64. The van der Waals surface area contributed by atoms with Gasteiger partial charge in [0.1, 0.15) is 10.6 Å². The fraction of sp³-hybridized carbons (Fsp3) is 0.318. The fourth-order valence-electron chi connectivity index (χ4n) is 3.77. The minimum atomic E-state index is -3.78. The first-order valence-electron chi connectivity index (χ1n) is 9.61. The second-order valence-corrected chi connectivity index (χ2v) is 9.31. The molecule has 1 fully saturated rings. The summed E-state index contributed by atoms with van der Waals surface area (Å²) < 4.78 is 32.2. The van der Waals surface area contributed by atoms with Crippen LogP contribution in [0.4, 0.5) is 5.69 Å². The first-order chi connectivity index (χ1) is 13.9. The van der Waals surface area contributed by atoms with Crippen LogP contribution in [0, 0.1) is 6.92 Å². The largest absolute Gasteiger partial charge is 0.497 e. The molecule has 0 saturated carbocycles. The number of sulfone groups is 1. The number of rotatable bonds is 4. The normalized spacial score (nSPS) is 15.6. The van der Waals surface area contributed by atoms with E-state index >= 15 is 0 Å². The Labute approximate surface area is 170 Å². The van der Waals surface area contributed by atoms with Crippen LogP contribution in [0.1, 0.15) is 18.4 Å². The standard InChI is InChI=1S/C22H24N2O4S/c1-15-3-8-20-19(13-15)22(24-11-9-16(25)10-12-24)21(14-23-20)29(26,27)18-6-4-17(28-2)5-7-18/h3-8,13-14,16,25H,9-12H2,1-2H3. The lowest BCUT2D eigenvalue weighted by Gasteiger charge is -2.33. The number of fused-ring (bicyclic) bond motifs is 1. The number of anilines is 1. The van der Waals surface area contributed by atoms with Gasteiger partial charge in [0.2, 0.25) is 9.84 Å². The summed E-state index contributed by atoms with van der Waals surface area (Å²) in [5.41, 5.74) is 2.46. The number of hydrogen-bond donors (Lipinski definition) is 1. The van der Waals surface area contributed by atoms with E-state index < -0.39 is 9.84 Å². The number of aliphatic hydroxyl groups excluding tert-OH is 1. The Morgan fingerprint density at radius 3 is 2.45 bits per heavy atom. The number of aromatic nitrogens is 1. The number of pyridine rings is 1. The van der Waals surface area contributed by atoms with E-state index in [4.69, 9.17) is 4.74 Å². The summed E-state index contributed by atoms with van der Waals surface area (Å²) >= 11 is 0. The van der Waals surface area contributed by atoms with Gasteiger partial charge in [0.15, 0.2) is 0 Å². The maximum absolute atomic E-state index is 13.5. The van der Waals surface area contributed by atoms with E-state index in [1.165, 1.54) is 6.20 Å². The van der Waals surface area contributed by atoms with Crippen LogP contribution < -0.4 is 9.64 Å². The molecule has 152 valence electrons. The van der Waals surface area contributed by atoms with E-state index in [1.54, 1.807) is 31.4 Å². The second kappa shape index (κ2) is 7.65. The van der Waals surface area contributed by atoms with Crippen molar-refractivity contribution in [2.24, 2.45) is 0 Å². The maximum Gasteiger partial charge on any atom is 0.210 e. The highest BCUT2D eigenvalue weighted by atomic mass is 32.2. The van der Waals surface area contributed by atoms with Gasteiger partial charge in [-0.1, -0.05) is 11.6 Å². The molecule has 1 aromatic heterocycles. The van der Waals surface area contributed by atoms with Crippen molar-refractivity contribution < 1.29 is 18.3 Å². The highest BCUT2D eigenvalue weighted by Gasteiger charge is 2.29. The summed E-state index contributed by atoms with van der Waals surface area (Å²) in [6.45, 7) is 3.17. The molecule has 6 nitrogen and oxygen atoms in total. The lowest BCUT2D eigenvalue weighted by Crippen LogP contribution is -2.36. The zero-order chi connectivity index (χ0) is 20.6. The lowest BCUT2D eigenvalue weighted by atomic mass is 10.0. The van der Waals surface area contributed by atoms with Crippen LogP contribution in [0.25, 0.3) is 10.9 Å². The molecule has 0 aliphatic carbocycles. The number of methoxy groups -OCH3 is 1. The van der Waals surface area contributed by atoms with E-state index in [0.29, 0.717) is 37.4 Å². The van der Waals surface area contributed by atoms with Gasteiger partial charge in [-0.15, -0.1) is 0 Å². The third kappa shape index (κ3) is 3.68. The van der Waals surface area contributed by atoms with E-state index in [-0.39, 0.29) is 15.9 Å². The third-order valence-electron chi connectivity index (χ3n) is 5.40. The highest BCUT2D eigenvalue weighted by molar-refractivity contribution is 7.91. The average Bonchev–Trinajstić information content (AvgIpc) is 2.73. The molecule has 1 saturated heterocycles. The molecule has 1 N–H and O–H groups in total. The van der Waals surface area contributed by atoms with Crippen molar-refractivity contribution in [3.63, 3.8) is 0 Å². The van der Waals surface area contributed by atoms with Gasteiger partial charge in [-0.2, -0.15) is 0 Å². The van der Waals surface area contributed by atoms with Gasteiger partial charge in [-0.05, 0) is 56.2 Å². The van der Waals surface area contributed by atoms with E-state index in [0.717, 1.165) is 16.5 Å². The monoisotopic (exact) mass is 412 g/mol. The molecule has 0 radical (unpaired) electrons. The van der Waals surface area contributed by atoms with Gasteiger partial charge in [0, 0.05) is 24.7 Å². The van der Waals surface area contributed by atoms with E-state index in [2.05, 4.69) is 9.88 Å². The Bertz CT molecular complexity index is 1140. The average molecular weight is 413 g/mol. The Morgan fingerprint density at radius 1 is 1.10 bits per heavy atom. The molecule has 3 aromatic rings. The van der Waals surface area contributed by atoms with Crippen LogP contribution in [0.3, 0.4) is 0 Å². The van der Waals surface area contributed by atoms with Crippen molar-refractivity contribution in [2.75, 3.05) is 25.1 Å². The molecule has 0 bridgehead atoms. The third-order valence-corrected chi connectivity index (χ3v) is 7.17. The maximum atomic E-state index is 13.5. The molecule has 0 atom stereocenters. The number of piperidine rings is 1.